The molecular weight excluding hydrogens is 181 g/mol. The lowest BCUT2D eigenvalue weighted by atomic mass is 9.93. The Hall–Kier alpha value is -1.40. The van der Waals surface area contributed by atoms with E-state index in [0.717, 1.165) is 5.56 Å². The molecule has 0 saturated heterocycles. The molecule has 14 heavy (non-hydrogen) atoms. The SMILES string of the molecule is N#CCC1(O)CCc2cc(F)ccc21. The minimum Gasteiger partial charge on any atom is -0.384 e. The maximum Gasteiger partial charge on any atom is 0.123 e. The van der Waals surface area contributed by atoms with Crippen molar-refractivity contribution in [2.75, 3.05) is 0 Å². The molecule has 1 aromatic carbocycles. The van der Waals surface area contributed by atoms with Crippen LogP contribution >= 0.6 is 0 Å². The molecule has 1 aromatic rings. The first-order valence-electron chi connectivity index (χ1n) is 4.54. The average molecular weight is 191 g/mol. The summed E-state index contributed by atoms with van der Waals surface area (Å²) in [4.78, 5) is 0. The van der Waals surface area contributed by atoms with E-state index in [1.807, 2.05) is 6.07 Å². The number of fused-ring (bicyclic) bond motifs is 1. The van der Waals surface area contributed by atoms with Gasteiger partial charge in [-0.15, -0.1) is 0 Å². The number of hydrogen-bond acceptors (Lipinski definition) is 2. The third-order valence-electron chi connectivity index (χ3n) is 2.75. The molecule has 1 aliphatic carbocycles. The molecule has 0 aliphatic heterocycles. The quantitative estimate of drug-likeness (QED) is 0.736. The van der Waals surface area contributed by atoms with Gasteiger partial charge in [0.05, 0.1) is 12.5 Å². The first-order valence-corrected chi connectivity index (χ1v) is 4.54. The standard InChI is InChI=1S/C11H10FNO/c12-9-1-2-10-8(7-9)3-4-11(10,14)5-6-13/h1-2,7,14H,3-5H2. The van der Waals surface area contributed by atoms with Crippen LogP contribution in [0.25, 0.3) is 0 Å². The van der Waals surface area contributed by atoms with Gasteiger partial charge in [0.25, 0.3) is 0 Å². The fourth-order valence-electron chi connectivity index (χ4n) is 2.01. The molecule has 2 rings (SSSR count). The molecule has 72 valence electrons. The van der Waals surface area contributed by atoms with E-state index >= 15 is 0 Å². The zero-order valence-electron chi connectivity index (χ0n) is 7.63. The van der Waals surface area contributed by atoms with Crippen LogP contribution in [-0.2, 0) is 12.0 Å². The van der Waals surface area contributed by atoms with E-state index in [-0.39, 0.29) is 12.2 Å². The van der Waals surface area contributed by atoms with Crippen molar-refractivity contribution < 1.29 is 9.50 Å². The summed E-state index contributed by atoms with van der Waals surface area (Å²) in [6.45, 7) is 0. The van der Waals surface area contributed by atoms with Crippen LogP contribution in [0.2, 0.25) is 0 Å². The molecule has 0 spiro atoms. The summed E-state index contributed by atoms with van der Waals surface area (Å²) in [5, 5.41) is 18.7. The topological polar surface area (TPSA) is 44.0 Å². The number of rotatable bonds is 1. The highest BCUT2D eigenvalue weighted by molar-refractivity contribution is 5.38. The molecule has 0 fully saturated rings. The van der Waals surface area contributed by atoms with E-state index in [1.54, 1.807) is 6.07 Å². The van der Waals surface area contributed by atoms with Crippen molar-refractivity contribution in [3.8, 4) is 6.07 Å². The zero-order chi connectivity index (χ0) is 10.2. The summed E-state index contributed by atoms with van der Waals surface area (Å²) in [5.74, 6) is -0.287. The van der Waals surface area contributed by atoms with Gasteiger partial charge in [0, 0.05) is 0 Å². The Bertz CT molecular complexity index is 410. The molecule has 1 aliphatic rings. The number of aryl methyl sites for hydroxylation is 1. The second kappa shape index (κ2) is 3.07. The number of nitriles is 1. The van der Waals surface area contributed by atoms with Gasteiger partial charge in [0.15, 0.2) is 0 Å². The van der Waals surface area contributed by atoms with Gasteiger partial charge >= 0.3 is 0 Å². The van der Waals surface area contributed by atoms with Gasteiger partial charge in [0.2, 0.25) is 0 Å². The lowest BCUT2D eigenvalue weighted by Gasteiger charge is -2.20. The number of nitrogens with zero attached hydrogens (tertiary/aromatic N) is 1. The zero-order valence-corrected chi connectivity index (χ0v) is 7.63. The average Bonchev–Trinajstić information content (AvgIpc) is 2.44. The molecule has 1 unspecified atom stereocenters. The van der Waals surface area contributed by atoms with Crippen LogP contribution < -0.4 is 0 Å². The van der Waals surface area contributed by atoms with Gasteiger partial charge in [-0.3, -0.25) is 0 Å². The van der Waals surface area contributed by atoms with Gasteiger partial charge in [-0.25, -0.2) is 4.39 Å². The Kier molecular flexibility index (Phi) is 2.01. The Morgan fingerprint density at radius 3 is 3.07 bits per heavy atom. The molecule has 0 aromatic heterocycles. The van der Waals surface area contributed by atoms with Crippen LogP contribution in [0, 0.1) is 17.1 Å². The first kappa shape index (κ1) is 9.17. The molecule has 0 bridgehead atoms. The predicted octanol–water partition coefficient (Wildman–Crippen LogP) is 1.87. The van der Waals surface area contributed by atoms with Crippen LogP contribution in [0.1, 0.15) is 24.0 Å². The smallest absolute Gasteiger partial charge is 0.123 e. The summed E-state index contributed by atoms with van der Waals surface area (Å²) in [7, 11) is 0. The van der Waals surface area contributed by atoms with Crippen LogP contribution in [0.15, 0.2) is 18.2 Å². The number of hydrogen-bond donors (Lipinski definition) is 1. The number of aliphatic hydroxyl groups is 1. The monoisotopic (exact) mass is 191 g/mol. The van der Waals surface area contributed by atoms with E-state index in [0.29, 0.717) is 18.4 Å². The van der Waals surface area contributed by atoms with E-state index < -0.39 is 5.60 Å². The summed E-state index contributed by atoms with van der Waals surface area (Å²) >= 11 is 0. The van der Waals surface area contributed by atoms with Crippen molar-refractivity contribution in [3.63, 3.8) is 0 Å². The largest absolute Gasteiger partial charge is 0.384 e. The Morgan fingerprint density at radius 1 is 1.57 bits per heavy atom. The minimum atomic E-state index is -1.06. The van der Waals surface area contributed by atoms with Gasteiger partial charge < -0.3 is 5.11 Å². The molecule has 2 nitrogen and oxygen atoms in total. The summed E-state index contributed by atoms with van der Waals surface area (Å²) in [6.07, 6.45) is 1.23. The molecule has 0 heterocycles. The molecule has 0 amide bonds. The lowest BCUT2D eigenvalue weighted by molar-refractivity contribution is 0.0436. The third kappa shape index (κ3) is 1.28. The summed E-state index contributed by atoms with van der Waals surface area (Å²) in [5.41, 5.74) is 0.473. The van der Waals surface area contributed by atoms with Gasteiger partial charge in [-0.1, -0.05) is 6.07 Å². The van der Waals surface area contributed by atoms with E-state index in [9.17, 15) is 9.50 Å². The van der Waals surface area contributed by atoms with Crippen LogP contribution in [0.3, 0.4) is 0 Å². The maximum atomic E-state index is 12.9. The van der Waals surface area contributed by atoms with Crippen molar-refractivity contribution in [3.05, 3.63) is 35.1 Å². The van der Waals surface area contributed by atoms with Crippen LogP contribution in [0.5, 0.6) is 0 Å². The Morgan fingerprint density at radius 2 is 2.36 bits per heavy atom. The highest BCUT2D eigenvalue weighted by Gasteiger charge is 2.36. The fourth-order valence-corrected chi connectivity index (χ4v) is 2.01. The Balaban J connectivity index is 2.45. The summed E-state index contributed by atoms with van der Waals surface area (Å²) < 4.78 is 12.9. The van der Waals surface area contributed by atoms with E-state index in [1.165, 1.54) is 12.1 Å². The molecule has 1 N–H and O–H groups in total. The van der Waals surface area contributed by atoms with Crippen molar-refractivity contribution in [1.82, 2.24) is 0 Å². The van der Waals surface area contributed by atoms with Gasteiger partial charge in [-0.05, 0) is 36.1 Å². The predicted molar refractivity (Wildman–Crippen MR) is 48.8 cm³/mol. The number of benzene rings is 1. The van der Waals surface area contributed by atoms with Gasteiger partial charge in [-0.2, -0.15) is 5.26 Å². The molecule has 0 radical (unpaired) electrons. The highest BCUT2D eigenvalue weighted by atomic mass is 19.1. The molecule has 3 heteroatoms. The van der Waals surface area contributed by atoms with E-state index in [4.69, 9.17) is 5.26 Å². The molecule has 0 saturated carbocycles. The van der Waals surface area contributed by atoms with Crippen molar-refractivity contribution in [2.24, 2.45) is 0 Å². The van der Waals surface area contributed by atoms with Crippen molar-refractivity contribution >= 4 is 0 Å². The Labute approximate surface area is 81.6 Å². The van der Waals surface area contributed by atoms with Crippen molar-refractivity contribution in [2.45, 2.75) is 24.9 Å². The normalized spacial score (nSPS) is 24.4. The first-order chi connectivity index (χ1) is 6.65. The lowest BCUT2D eigenvalue weighted by Crippen LogP contribution is -2.21. The second-order valence-electron chi connectivity index (χ2n) is 3.67. The van der Waals surface area contributed by atoms with Crippen LogP contribution in [0.4, 0.5) is 4.39 Å². The molecule has 1 atom stereocenters. The van der Waals surface area contributed by atoms with Gasteiger partial charge in [0.1, 0.15) is 11.4 Å². The number of halogens is 1. The minimum absolute atomic E-state index is 0.0750. The van der Waals surface area contributed by atoms with E-state index in [2.05, 4.69) is 0 Å². The summed E-state index contributed by atoms with van der Waals surface area (Å²) in [6, 6.07) is 6.30. The third-order valence-corrected chi connectivity index (χ3v) is 2.75. The molecular formula is C11H10FNO. The maximum absolute atomic E-state index is 12.9. The van der Waals surface area contributed by atoms with Crippen molar-refractivity contribution in [1.29, 1.82) is 5.26 Å². The fraction of sp³-hybridized carbons (Fsp3) is 0.364. The van der Waals surface area contributed by atoms with Crippen LogP contribution in [-0.4, -0.2) is 5.11 Å². The highest BCUT2D eigenvalue weighted by Crippen LogP contribution is 2.39. The second-order valence-corrected chi connectivity index (χ2v) is 3.67.